The maximum atomic E-state index is 12.3. The first-order valence-corrected chi connectivity index (χ1v) is 6.62. The van der Waals surface area contributed by atoms with Gasteiger partial charge in [0.05, 0.1) is 11.1 Å². The lowest BCUT2D eigenvalue weighted by atomic mass is 9.85. The predicted octanol–water partition coefficient (Wildman–Crippen LogP) is 1.93. The Kier molecular flexibility index (Phi) is 3.31. The van der Waals surface area contributed by atoms with Crippen LogP contribution in [-0.4, -0.2) is 28.7 Å². The van der Waals surface area contributed by atoms with Gasteiger partial charge in [0.25, 0.3) is 5.91 Å². The number of carbonyl (C=O) groups excluding carboxylic acids is 1. The lowest BCUT2D eigenvalue weighted by molar-refractivity contribution is -0.00292. The van der Waals surface area contributed by atoms with Crippen molar-refractivity contribution in [2.24, 2.45) is 0 Å². The Morgan fingerprint density at radius 2 is 2.00 bits per heavy atom. The maximum absolute atomic E-state index is 12.3. The highest BCUT2D eigenvalue weighted by molar-refractivity contribution is 5.96. The standard InChI is InChI=1S/C15H22N2O2/c1-14(2,15(3,4)19)17-13(18)11-6-5-10-7-8-16-12(10)9-11/h5-6,9,16,19H,7-8H2,1-4H3,(H,17,18). The molecule has 19 heavy (non-hydrogen) atoms. The number of hydrogen-bond acceptors (Lipinski definition) is 3. The van der Waals surface area contributed by atoms with Crippen LogP contribution >= 0.6 is 0 Å². The average Bonchev–Trinajstić information content (AvgIpc) is 2.73. The minimum Gasteiger partial charge on any atom is -0.388 e. The Morgan fingerprint density at radius 3 is 2.63 bits per heavy atom. The van der Waals surface area contributed by atoms with E-state index in [0.717, 1.165) is 18.7 Å². The molecule has 0 fully saturated rings. The first kappa shape index (κ1) is 13.9. The molecule has 3 N–H and O–H groups in total. The van der Waals surface area contributed by atoms with Crippen LogP contribution in [0.2, 0.25) is 0 Å². The SMILES string of the molecule is CC(C)(O)C(C)(C)NC(=O)c1ccc2c(c1)NCC2. The molecule has 0 aliphatic carbocycles. The van der Waals surface area contributed by atoms with E-state index >= 15 is 0 Å². The van der Waals surface area contributed by atoms with Gasteiger partial charge in [-0.25, -0.2) is 0 Å². The Balaban J connectivity index is 2.17. The fourth-order valence-electron chi connectivity index (χ4n) is 1.94. The monoisotopic (exact) mass is 262 g/mol. The second-order valence-electron chi connectivity index (χ2n) is 6.19. The summed E-state index contributed by atoms with van der Waals surface area (Å²) in [4.78, 5) is 12.3. The number of carbonyl (C=O) groups is 1. The van der Waals surface area contributed by atoms with Gasteiger partial charge >= 0.3 is 0 Å². The Labute approximate surface area is 114 Å². The summed E-state index contributed by atoms with van der Waals surface area (Å²) in [5.74, 6) is -0.163. The van der Waals surface area contributed by atoms with Crippen molar-refractivity contribution < 1.29 is 9.90 Å². The quantitative estimate of drug-likeness (QED) is 0.780. The van der Waals surface area contributed by atoms with Crippen molar-refractivity contribution in [2.45, 2.75) is 45.3 Å². The van der Waals surface area contributed by atoms with Crippen molar-refractivity contribution in [3.63, 3.8) is 0 Å². The van der Waals surface area contributed by atoms with Crippen LogP contribution < -0.4 is 10.6 Å². The van der Waals surface area contributed by atoms with E-state index in [9.17, 15) is 9.90 Å². The highest BCUT2D eigenvalue weighted by atomic mass is 16.3. The molecule has 1 aromatic carbocycles. The minimum absolute atomic E-state index is 0.163. The summed E-state index contributed by atoms with van der Waals surface area (Å²) in [5.41, 5.74) is 1.21. The van der Waals surface area contributed by atoms with E-state index in [1.165, 1.54) is 5.56 Å². The molecular weight excluding hydrogens is 240 g/mol. The fourth-order valence-corrected chi connectivity index (χ4v) is 1.94. The van der Waals surface area contributed by atoms with E-state index in [1.54, 1.807) is 13.8 Å². The smallest absolute Gasteiger partial charge is 0.251 e. The van der Waals surface area contributed by atoms with Crippen molar-refractivity contribution in [1.82, 2.24) is 5.32 Å². The number of aliphatic hydroxyl groups is 1. The minimum atomic E-state index is -0.988. The number of anilines is 1. The molecule has 0 aromatic heterocycles. The van der Waals surface area contributed by atoms with Crippen LogP contribution in [0.1, 0.15) is 43.6 Å². The lowest BCUT2D eigenvalue weighted by Crippen LogP contribution is -2.57. The third-order valence-corrected chi connectivity index (χ3v) is 4.04. The maximum Gasteiger partial charge on any atom is 0.251 e. The van der Waals surface area contributed by atoms with Gasteiger partial charge in [-0.15, -0.1) is 0 Å². The summed E-state index contributed by atoms with van der Waals surface area (Å²) < 4.78 is 0. The molecule has 0 spiro atoms. The van der Waals surface area contributed by atoms with Gasteiger partial charge in [-0.05, 0) is 51.8 Å². The molecule has 0 atom stereocenters. The molecule has 1 aromatic rings. The molecule has 4 heteroatoms. The number of fused-ring (bicyclic) bond motifs is 1. The van der Waals surface area contributed by atoms with E-state index in [1.807, 2.05) is 32.0 Å². The highest BCUT2D eigenvalue weighted by Gasteiger charge is 2.36. The predicted molar refractivity (Wildman–Crippen MR) is 76.5 cm³/mol. The summed E-state index contributed by atoms with van der Waals surface area (Å²) in [6, 6.07) is 5.70. The number of hydrogen-bond donors (Lipinski definition) is 3. The first-order chi connectivity index (χ1) is 8.71. The number of nitrogens with one attached hydrogen (secondary N) is 2. The van der Waals surface area contributed by atoms with E-state index in [-0.39, 0.29) is 5.91 Å². The molecule has 0 saturated carbocycles. The molecule has 0 unspecified atom stereocenters. The molecule has 0 radical (unpaired) electrons. The summed E-state index contributed by atoms with van der Waals surface area (Å²) in [6.45, 7) is 7.94. The van der Waals surface area contributed by atoms with Crippen LogP contribution in [0.25, 0.3) is 0 Å². The van der Waals surface area contributed by atoms with Crippen LogP contribution in [0.3, 0.4) is 0 Å². The molecule has 1 aliphatic heterocycles. The molecule has 4 nitrogen and oxygen atoms in total. The second kappa shape index (κ2) is 4.53. The van der Waals surface area contributed by atoms with Crippen molar-refractivity contribution in [3.05, 3.63) is 29.3 Å². The van der Waals surface area contributed by atoms with Crippen LogP contribution in [0, 0.1) is 0 Å². The number of benzene rings is 1. The van der Waals surface area contributed by atoms with E-state index in [0.29, 0.717) is 5.56 Å². The summed E-state index contributed by atoms with van der Waals surface area (Å²) >= 11 is 0. The second-order valence-corrected chi connectivity index (χ2v) is 6.19. The largest absolute Gasteiger partial charge is 0.388 e. The van der Waals surface area contributed by atoms with E-state index in [4.69, 9.17) is 0 Å². The van der Waals surface area contributed by atoms with Gasteiger partial charge in [-0.3, -0.25) is 4.79 Å². The van der Waals surface area contributed by atoms with Gasteiger partial charge in [0, 0.05) is 17.8 Å². The summed E-state index contributed by atoms with van der Waals surface area (Å²) in [6.07, 6.45) is 1.01. The Morgan fingerprint density at radius 1 is 1.32 bits per heavy atom. The molecule has 1 aliphatic rings. The van der Waals surface area contributed by atoms with Crippen molar-refractivity contribution in [3.8, 4) is 0 Å². The fraction of sp³-hybridized carbons (Fsp3) is 0.533. The van der Waals surface area contributed by atoms with Crippen LogP contribution in [0.5, 0.6) is 0 Å². The van der Waals surface area contributed by atoms with Crippen LogP contribution in [0.4, 0.5) is 5.69 Å². The zero-order valence-electron chi connectivity index (χ0n) is 12.0. The summed E-state index contributed by atoms with van der Waals surface area (Å²) in [5, 5.41) is 16.2. The van der Waals surface area contributed by atoms with Crippen LogP contribution in [0.15, 0.2) is 18.2 Å². The molecule has 0 saturated heterocycles. The molecule has 104 valence electrons. The normalized spacial score (nSPS) is 14.8. The number of amides is 1. The van der Waals surface area contributed by atoms with Crippen molar-refractivity contribution >= 4 is 11.6 Å². The van der Waals surface area contributed by atoms with Crippen molar-refractivity contribution in [2.75, 3.05) is 11.9 Å². The molecule has 0 bridgehead atoms. The third-order valence-electron chi connectivity index (χ3n) is 4.04. The van der Waals surface area contributed by atoms with Crippen molar-refractivity contribution in [1.29, 1.82) is 0 Å². The molecular formula is C15H22N2O2. The van der Waals surface area contributed by atoms with Gasteiger partial charge in [-0.2, -0.15) is 0 Å². The van der Waals surface area contributed by atoms with E-state index < -0.39 is 11.1 Å². The zero-order valence-corrected chi connectivity index (χ0v) is 12.0. The third kappa shape index (κ3) is 2.73. The topological polar surface area (TPSA) is 61.4 Å². The molecule has 1 amide bonds. The van der Waals surface area contributed by atoms with Gasteiger partial charge in [-0.1, -0.05) is 6.07 Å². The van der Waals surface area contributed by atoms with Gasteiger partial charge in [0.1, 0.15) is 0 Å². The zero-order chi connectivity index (χ0) is 14.3. The highest BCUT2D eigenvalue weighted by Crippen LogP contribution is 2.25. The molecule has 1 heterocycles. The average molecular weight is 262 g/mol. The first-order valence-electron chi connectivity index (χ1n) is 6.62. The Bertz CT molecular complexity index is 501. The molecule has 2 rings (SSSR count). The van der Waals surface area contributed by atoms with Gasteiger partial charge in [0.2, 0.25) is 0 Å². The van der Waals surface area contributed by atoms with E-state index in [2.05, 4.69) is 10.6 Å². The van der Waals surface area contributed by atoms with Gasteiger partial charge in [0.15, 0.2) is 0 Å². The Hall–Kier alpha value is -1.55. The lowest BCUT2D eigenvalue weighted by Gasteiger charge is -2.38. The van der Waals surface area contributed by atoms with Crippen LogP contribution in [-0.2, 0) is 6.42 Å². The summed E-state index contributed by atoms with van der Waals surface area (Å²) in [7, 11) is 0. The van der Waals surface area contributed by atoms with Gasteiger partial charge < -0.3 is 15.7 Å². The number of rotatable bonds is 3.